The smallest absolute Gasteiger partial charge is 0.173 e. The predicted molar refractivity (Wildman–Crippen MR) is 138 cm³/mol. The average molecular weight is 473 g/mol. The van der Waals surface area contributed by atoms with Gasteiger partial charge in [-0.25, -0.2) is 4.98 Å². The Balaban J connectivity index is 1.68. The second-order valence-corrected chi connectivity index (χ2v) is 10.4. The lowest BCUT2D eigenvalue weighted by atomic mass is 9.96. The zero-order chi connectivity index (χ0) is 24.2. The van der Waals surface area contributed by atoms with Gasteiger partial charge in [0.1, 0.15) is 11.3 Å². The van der Waals surface area contributed by atoms with E-state index in [9.17, 15) is 10.1 Å². The Morgan fingerprint density at radius 3 is 2.82 bits per heavy atom. The largest absolute Gasteiger partial charge is 0.303 e. The van der Waals surface area contributed by atoms with Crippen molar-refractivity contribution in [3.8, 4) is 28.0 Å². The standard InChI is InChI=1S/C28H32N4OS/c1-5-12-32(4)26-20(11-13-33)16-25-23(26)7-6-8-24(25)28-30-27(31-34-28)21-10-9-19(14-18(2)3)22(15-21)17-29/h6-10,13,15,18,20,26H,5,11-12,14,16H2,1-4H3. The fourth-order valence-electron chi connectivity index (χ4n) is 5.25. The van der Waals surface area contributed by atoms with Crippen LogP contribution in [-0.2, 0) is 17.6 Å². The first-order valence-corrected chi connectivity index (χ1v) is 12.9. The summed E-state index contributed by atoms with van der Waals surface area (Å²) in [5.41, 5.74) is 6.35. The lowest BCUT2D eigenvalue weighted by molar-refractivity contribution is -0.109. The van der Waals surface area contributed by atoms with Crippen LogP contribution >= 0.6 is 11.5 Å². The van der Waals surface area contributed by atoms with Gasteiger partial charge in [0.2, 0.25) is 0 Å². The highest BCUT2D eigenvalue weighted by atomic mass is 32.1. The molecular formula is C28H32N4OS. The number of nitrogens with zero attached hydrogens (tertiary/aromatic N) is 4. The summed E-state index contributed by atoms with van der Waals surface area (Å²) < 4.78 is 4.65. The van der Waals surface area contributed by atoms with Gasteiger partial charge in [-0.1, -0.05) is 51.1 Å². The summed E-state index contributed by atoms with van der Waals surface area (Å²) in [4.78, 5) is 18.7. The van der Waals surface area contributed by atoms with Crippen LogP contribution in [0, 0.1) is 23.2 Å². The van der Waals surface area contributed by atoms with E-state index in [2.05, 4.69) is 61.4 Å². The normalized spacial score (nSPS) is 17.2. The van der Waals surface area contributed by atoms with E-state index in [1.54, 1.807) is 0 Å². The minimum atomic E-state index is 0.249. The van der Waals surface area contributed by atoms with Gasteiger partial charge in [-0.2, -0.15) is 9.64 Å². The monoisotopic (exact) mass is 472 g/mol. The summed E-state index contributed by atoms with van der Waals surface area (Å²) in [7, 11) is 2.16. The van der Waals surface area contributed by atoms with E-state index in [1.807, 2.05) is 18.2 Å². The van der Waals surface area contributed by atoms with Crippen molar-refractivity contribution in [3.05, 3.63) is 58.7 Å². The van der Waals surface area contributed by atoms with Gasteiger partial charge in [-0.15, -0.1) is 0 Å². The van der Waals surface area contributed by atoms with Gasteiger partial charge in [0, 0.05) is 23.6 Å². The zero-order valence-electron chi connectivity index (χ0n) is 20.4. The molecule has 1 heterocycles. The molecule has 1 aromatic heterocycles. The van der Waals surface area contributed by atoms with Gasteiger partial charge in [0.15, 0.2) is 5.82 Å². The zero-order valence-corrected chi connectivity index (χ0v) is 21.2. The molecule has 0 saturated carbocycles. The molecule has 6 heteroatoms. The van der Waals surface area contributed by atoms with E-state index >= 15 is 0 Å². The van der Waals surface area contributed by atoms with E-state index < -0.39 is 0 Å². The third-order valence-corrected chi connectivity index (χ3v) is 7.42. The molecule has 2 aromatic carbocycles. The van der Waals surface area contributed by atoms with Crippen LogP contribution in [0.4, 0.5) is 0 Å². The average Bonchev–Trinajstić information content (AvgIpc) is 3.44. The van der Waals surface area contributed by atoms with E-state index in [-0.39, 0.29) is 12.0 Å². The van der Waals surface area contributed by atoms with Gasteiger partial charge < -0.3 is 4.79 Å². The molecule has 2 unspecified atom stereocenters. The van der Waals surface area contributed by atoms with Gasteiger partial charge in [-0.3, -0.25) is 4.90 Å². The van der Waals surface area contributed by atoms with Crippen molar-refractivity contribution in [2.45, 2.75) is 52.5 Å². The van der Waals surface area contributed by atoms with Crippen molar-refractivity contribution in [3.63, 3.8) is 0 Å². The van der Waals surface area contributed by atoms with Crippen LogP contribution in [-0.4, -0.2) is 34.1 Å². The Hall–Kier alpha value is -2.88. The minimum Gasteiger partial charge on any atom is -0.303 e. The number of carbonyl (C=O) groups excluding carboxylic acids is 1. The van der Waals surface area contributed by atoms with Crippen LogP contribution in [0.2, 0.25) is 0 Å². The molecule has 34 heavy (non-hydrogen) atoms. The van der Waals surface area contributed by atoms with Gasteiger partial charge in [0.05, 0.1) is 11.6 Å². The summed E-state index contributed by atoms with van der Waals surface area (Å²) >= 11 is 1.40. The van der Waals surface area contributed by atoms with E-state index in [0.717, 1.165) is 53.8 Å². The molecule has 0 aliphatic heterocycles. The number of carbonyl (C=O) groups is 1. The molecular weight excluding hydrogens is 440 g/mol. The van der Waals surface area contributed by atoms with E-state index in [0.29, 0.717) is 23.7 Å². The fraction of sp³-hybridized carbons (Fsp3) is 0.429. The molecule has 0 amide bonds. The maximum absolute atomic E-state index is 11.4. The van der Waals surface area contributed by atoms with Crippen LogP contribution in [0.1, 0.15) is 61.9 Å². The Morgan fingerprint density at radius 2 is 2.12 bits per heavy atom. The molecule has 2 atom stereocenters. The van der Waals surface area contributed by atoms with Crippen LogP contribution in [0.3, 0.4) is 0 Å². The van der Waals surface area contributed by atoms with Crippen LogP contribution in [0.15, 0.2) is 36.4 Å². The van der Waals surface area contributed by atoms with E-state index in [1.165, 1.54) is 22.7 Å². The first-order valence-electron chi connectivity index (χ1n) is 12.1. The van der Waals surface area contributed by atoms with Crippen molar-refractivity contribution >= 4 is 17.8 Å². The Labute approximate surface area is 206 Å². The molecule has 0 fully saturated rings. The van der Waals surface area contributed by atoms with Gasteiger partial charge >= 0.3 is 0 Å². The van der Waals surface area contributed by atoms with Gasteiger partial charge in [-0.05, 0) is 79.0 Å². The summed E-state index contributed by atoms with van der Waals surface area (Å²) in [5, 5.41) is 10.5. The van der Waals surface area contributed by atoms with Crippen molar-refractivity contribution in [1.29, 1.82) is 5.26 Å². The number of benzene rings is 2. The third-order valence-electron chi connectivity index (χ3n) is 6.67. The number of aromatic nitrogens is 2. The Morgan fingerprint density at radius 1 is 1.29 bits per heavy atom. The SMILES string of the molecule is CCCN(C)C1c2cccc(-c3nc(-c4ccc(CC(C)C)c(C#N)c4)ns3)c2CC1CC=O. The highest BCUT2D eigenvalue weighted by molar-refractivity contribution is 7.09. The number of rotatable bonds is 9. The van der Waals surface area contributed by atoms with Crippen LogP contribution < -0.4 is 0 Å². The van der Waals surface area contributed by atoms with Crippen LogP contribution in [0.25, 0.3) is 22.0 Å². The highest BCUT2D eigenvalue weighted by Crippen LogP contribution is 2.45. The minimum absolute atomic E-state index is 0.249. The molecule has 0 bridgehead atoms. The first kappa shape index (κ1) is 24.3. The molecule has 1 aliphatic carbocycles. The maximum atomic E-state index is 11.4. The second kappa shape index (κ2) is 10.6. The second-order valence-electron chi connectivity index (χ2n) is 9.67. The lowest BCUT2D eigenvalue weighted by Crippen LogP contribution is -2.29. The molecule has 0 N–H and O–H groups in total. The summed E-state index contributed by atoms with van der Waals surface area (Å²) in [6, 6.07) is 15.0. The van der Waals surface area contributed by atoms with E-state index in [4.69, 9.17) is 4.98 Å². The molecule has 5 nitrogen and oxygen atoms in total. The van der Waals surface area contributed by atoms with Crippen molar-refractivity contribution in [2.75, 3.05) is 13.6 Å². The maximum Gasteiger partial charge on any atom is 0.173 e. The summed E-state index contributed by atoms with van der Waals surface area (Å²) in [5.74, 6) is 1.43. The fourth-order valence-corrected chi connectivity index (χ4v) is 5.99. The summed E-state index contributed by atoms with van der Waals surface area (Å²) in [6.45, 7) is 7.51. The quantitative estimate of drug-likeness (QED) is 0.353. The third kappa shape index (κ3) is 4.82. The number of hydrogen-bond donors (Lipinski definition) is 0. The van der Waals surface area contributed by atoms with Gasteiger partial charge in [0.25, 0.3) is 0 Å². The van der Waals surface area contributed by atoms with Crippen molar-refractivity contribution < 1.29 is 4.79 Å². The van der Waals surface area contributed by atoms with Crippen molar-refractivity contribution in [2.24, 2.45) is 11.8 Å². The number of fused-ring (bicyclic) bond motifs is 1. The number of aldehydes is 1. The molecule has 0 saturated heterocycles. The van der Waals surface area contributed by atoms with Crippen LogP contribution in [0.5, 0.6) is 0 Å². The summed E-state index contributed by atoms with van der Waals surface area (Å²) in [6.07, 6.45) is 4.46. The molecule has 1 aliphatic rings. The number of nitriles is 1. The molecule has 4 rings (SSSR count). The molecule has 0 spiro atoms. The number of hydrogen-bond acceptors (Lipinski definition) is 6. The molecule has 176 valence electrons. The van der Waals surface area contributed by atoms with Crippen molar-refractivity contribution in [1.82, 2.24) is 14.3 Å². The topological polar surface area (TPSA) is 69.9 Å². The molecule has 0 radical (unpaired) electrons. The first-order chi connectivity index (χ1) is 16.5. The highest BCUT2D eigenvalue weighted by Gasteiger charge is 2.36. The molecule has 3 aromatic rings. The Bertz CT molecular complexity index is 1210. The predicted octanol–water partition coefficient (Wildman–Crippen LogP) is 6.09. The lowest BCUT2D eigenvalue weighted by Gasteiger charge is -2.29. The Kier molecular flexibility index (Phi) is 7.55.